The van der Waals surface area contributed by atoms with Crippen LogP contribution in [-0.2, 0) is 0 Å². The molecule has 8 heteroatoms. The van der Waals surface area contributed by atoms with Gasteiger partial charge in [-0.25, -0.2) is 4.99 Å². The molecule has 7 nitrogen and oxygen atoms in total. The van der Waals surface area contributed by atoms with Crippen LogP contribution in [0, 0.1) is 11.3 Å². The zero-order chi connectivity index (χ0) is 23.1. The number of hydrogen-bond donors (Lipinski definition) is 0. The molecule has 2 aliphatic rings. The van der Waals surface area contributed by atoms with Crippen LogP contribution in [0.25, 0.3) is 22.5 Å². The first-order valence-corrected chi connectivity index (χ1v) is 10.7. The Kier molecular flexibility index (Phi) is 4.86. The summed E-state index contributed by atoms with van der Waals surface area (Å²) in [7, 11) is 0. The van der Waals surface area contributed by atoms with E-state index in [1.54, 1.807) is 12.3 Å². The monoisotopic (exact) mass is 470 g/mol. The number of rotatable bonds is 4. The van der Waals surface area contributed by atoms with Crippen molar-refractivity contribution in [2.75, 3.05) is 13.6 Å². The van der Waals surface area contributed by atoms with Gasteiger partial charge in [-0.2, -0.15) is 5.26 Å². The predicted molar refractivity (Wildman–Crippen MR) is 125 cm³/mol. The lowest BCUT2D eigenvalue weighted by Crippen LogP contribution is -1.93. The highest BCUT2D eigenvalue weighted by molar-refractivity contribution is 6.33. The van der Waals surface area contributed by atoms with Gasteiger partial charge in [-0.15, -0.1) is 0 Å². The maximum atomic E-state index is 10.1. The summed E-state index contributed by atoms with van der Waals surface area (Å²) in [4.78, 5) is 4.47. The average molecular weight is 471 g/mol. The van der Waals surface area contributed by atoms with Crippen LogP contribution in [0.3, 0.4) is 0 Å². The van der Waals surface area contributed by atoms with Gasteiger partial charge in [-0.3, -0.25) is 0 Å². The minimum absolute atomic E-state index is 0.150. The quantitative estimate of drug-likeness (QED) is 0.323. The fourth-order valence-corrected chi connectivity index (χ4v) is 4.07. The molecule has 4 aromatic rings. The first-order valence-electron chi connectivity index (χ1n) is 10.4. The molecular formula is C26H15ClN2O5. The van der Waals surface area contributed by atoms with E-state index in [1.165, 1.54) is 0 Å². The zero-order valence-electron chi connectivity index (χ0n) is 17.6. The van der Waals surface area contributed by atoms with Crippen LogP contribution in [0.4, 0.5) is 5.88 Å². The van der Waals surface area contributed by atoms with Crippen molar-refractivity contribution in [2.24, 2.45) is 4.99 Å². The number of fused-ring (bicyclic) bond motifs is 2. The molecule has 0 N–H and O–H groups in total. The van der Waals surface area contributed by atoms with Gasteiger partial charge in [0.2, 0.25) is 19.5 Å². The number of hydrogen-bond acceptors (Lipinski definition) is 7. The van der Waals surface area contributed by atoms with Crippen molar-refractivity contribution in [3.8, 4) is 51.5 Å². The fourth-order valence-electron chi connectivity index (χ4n) is 3.89. The van der Waals surface area contributed by atoms with Crippen molar-refractivity contribution >= 4 is 23.7 Å². The Morgan fingerprint density at radius 1 is 0.824 bits per heavy atom. The number of ether oxygens (including phenoxy) is 4. The summed E-state index contributed by atoms with van der Waals surface area (Å²) in [5.74, 6) is 3.14. The van der Waals surface area contributed by atoms with Gasteiger partial charge in [0.05, 0.1) is 0 Å². The first kappa shape index (κ1) is 20.2. The fraction of sp³-hybridized carbons (Fsp3) is 0.0769. The summed E-state index contributed by atoms with van der Waals surface area (Å²) in [6.07, 6.45) is 1.58. The first-order chi connectivity index (χ1) is 16.7. The largest absolute Gasteiger partial charge is 0.454 e. The Hall–Kier alpha value is -4.41. The number of benzene rings is 3. The second-order valence-corrected chi connectivity index (χ2v) is 7.92. The number of halogens is 1. The molecule has 0 aliphatic carbocycles. The zero-order valence-corrected chi connectivity index (χ0v) is 18.3. The molecule has 0 bridgehead atoms. The van der Waals surface area contributed by atoms with Crippen LogP contribution in [0.15, 0.2) is 70.1 Å². The van der Waals surface area contributed by atoms with Crippen LogP contribution in [-0.4, -0.2) is 19.8 Å². The average Bonchev–Trinajstić information content (AvgIpc) is 3.60. The van der Waals surface area contributed by atoms with Crippen LogP contribution in [0.5, 0.6) is 23.0 Å². The van der Waals surface area contributed by atoms with Gasteiger partial charge in [0.1, 0.15) is 17.4 Å². The third-order valence-electron chi connectivity index (χ3n) is 5.52. The van der Waals surface area contributed by atoms with E-state index in [1.807, 2.05) is 54.6 Å². The van der Waals surface area contributed by atoms with E-state index < -0.39 is 0 Å². The molecule has 0 radical (unpaired) electrons. The van der Waals surface area contributed by atoms with Crippen molar-refractivity contribution in [2.45, 2.75) is 0 Å². The Balaban J connectivity index is 1.53. The molecule has 0 amide bonds. The number of nitriles is 1. The van der Waals surface area contributed by atoms with Crippen molar-refractivity contribution in [3.05, 3.63) is 76.8 Å². The topological polar surface area (TPSA) is 86.2 Å². The van der Waals surface area contributed by atoms with Crippen molar-refractivity contribution in [1.82, 2.24) is 0 Å². The van der Waals surface area contributed by atoms with Gasteiger partial charge in [0, 0.05) is 27.9 Å². The number of nitrogens with zero attached hydrogens (tertiary/aromatic N) is 2. The summed E-state index contributed by atoms with van der Waals surface area (Å²) >= 11 is 6.26. The molecule has 0 saturated carbocycles. The van der Waals surface area contributed by atoms with E-state index in [-0.39, 0.29) is 25.0 Å². The highest BCUT2D eigenvalue weighted by atomic mass is 35.5. The van der Waals surface area contributed by atoms with Crippen molar-refractivity contribution < 1.29 is 23.4 Å². The highest BCUT2D eigenvalue weighted by Crippen LogP contribution is 2.47. The van der Waals surface area contributed by atoms with Gasteiger partial charge in [-0.1, -0.05) is 35.9 Å². The second-order valence-electron chi connectivity index (χ2n) is 7.51. The predicted octanol–water partition coefficient (Wildman–Crippen LogP) is 6.35. The maximum Gasteiger partial charge on any atom is 0.238 e. The molecule has 0 spiro atoms. The summed E-state index contributed by atoms with van der Waals surface area (Å²) in [5.41, 5.74) is 3.03. The van der Waals surface area contributed by atoms with Crippen molar-refractivity contribution in [1.29, 1.82) is 5.26 Å². The molecule has 34 heavy (non-hydrogen) atoms. The second kappa shape index (κ2) is 8.18. The van der Waals surface area contributed by atoms with Crippen molar-refractivity contribution in [3.63, 3.8) is 0 Å². The summed E-state index contributed by atoms with van der Waals surface area (Å²) in [6, 6.07) is 20.5. The lowest BCUT2D eigenvalue weighted by atomic mass is 9.97. The van der Waals surface area contributed by atoms with E-state index in [4.69, 9.17) is 35.0 Å². The van der Waals surface area contributed by atoms with Gasteiger partial charge in [-0.05, 0) is 42.0 Å². The third kappa shape index (κ3) is 3.41. The molecular weight excluding hydrogens is 456 g/mol. The molecule has 6 rings (SSSR count). The molecule has 3 heterocycles. The minimum atomic E-state index is 0.150. The normalized spacial score (nSPS) is 13.4. The minimum Gasteiger partial charge on any atom is -0.454 e. The lowest BCUT2D eigenvalue weighted by molar-refractivity contribution is 0.173. The van der Waals surface area contributed by atoms with E-state index >= 15 is 0 Å². The maximum absolute atomic E-state index is 10.1. The highest BCUT2D eigenvalue weighted by Gasteiger charge is 2.26. The molecule has 0 unspecified atom stereocenters. The molecule has 3 aromatic carbocycles. The van der Waals surface area contributed by atoms with Crippen LogP contribution >= 0.6 is 11.6 Å². The molecule has 0 fully saturated rings. The molecule has 0 saturated heterocycles. The third-order valence-corrected chi connectivity index (χ3v) is 5.87. The number of aliphatic imine (C=N–C) groups is 1. The summed E-state index contributed by atoms with van der Waals surface area (Å²) in [6.45, 7) is 0.306. The van der Waals surface area contributed by atoms with E-state index in [0.29, 0.717) is 50.5 Å². The molecule has 166 valence electrons. The van der Waals surface area contributed by atoms with Crippen LogP contribution in [0.1, 0.15) is 11.1 Å². The Morgan fingerprint density at radius 3 is 2.18 bits per heavy atom. The van der Waals surface area contributed by atoms with E-state index in [0.717, 1.165) is 5.56 Å². The summed E-state index contributed by atoms with van der Waals surface area (Å²) < 4.78 is 28.1. The Morgan fingerprint density at radius 2 is 1.47 bits per heavy atom. The van der Waals surface area contributed by atoms with Crippen LogP contribution in [0.2, 0.25) is 5.02 Å². The van der Waals surface area contributed by atoms with Gasteiger partial charge < -0.3 is 23.4 Å². The number of furan rings is 1. The van der Waals surface area contributed by atoms with E-state index in [9.17, 15) is 5.26 Å². The molecule has 0 atom stereocenters. The Labute approximate surface area is 199 Å². The summed E-state index contributed by atoms with van der Waals surface area (Å²) in [5, 5.41) is 10.7. The van der Waals surface area contributed by atoms with E-state index in [2.05, 4.69) is 11.1 Å². The van der Waals surface area contributed by atoms with Gasteiger partial charge in [0.15, 0.2) is 23.0 Å². The molecule has 1 aromatic heterocycles. The van der Waals surface area contributed by atoms with Gasteiger partial charge in [0.25, 0.3) is 0 Å². The van der Waals surface area contributed by atoms with Crippen LogP contribution < -0.4 is 18.9 Å². The smallest absolute Gasteiger partial charge is 0.238 e. The Bertz CT molecular complexity index is 1500. The SMILES string of the molecule is N#Cc1c(N=Cc2ccccc2Cl)oc(-c2ccc3c(c2)OCO3)c1-c1ccc2c(c1)OCO2. The molecule has 2 aliphatic heterocycles. The van der Waals surface area contributed by atoms with Gasteiger partial charge >= 0.3 is 0 Å². The lowest BCUT2D eigenvalue weighted by Gasteiger charge is -2.06. The standard InChI is InChI=1S/C26H15ClN2O5/c27-19-4-2-1-3-17(19)12-29-26-18(11-28)24(15-5-7-20-22(9-15)32-13-30-20)25(34-26)16-6-8-21-23(10-16)33-14-31-21/h1-10,12H,13-14H2.